The maximum absolute atomic E-state index is 13.5. The third-order valence-electron chi connectivity index (χ3n) is 4.65. The Bertz CT molecular complexity index is 1050. The third kappa shape index (κ3) is 3.28. The molecule has 0 fully saturated rings. The molecule has 0 spiro atoms. The van der Waals surface area contributed by atoms with Gasteiger partial charge in [0.15, 0.2) is 0 Å². The van der Waals surface area contributed by atoms with E-state index in [4.69, 9.17) is 4.74 Å². The van der Waals surface area contributed by atoms with Crippen molar-refractivity contribution in [3.05, 3.63) is 51.4 Å². The molecule has 0 aliphatic rings. The monoisotopic (exact) mass is 386 g/mol. The van der Waals surface area contributed by atoms with Gasteiger partial charge in [-0.3, -0.25) is 9.36 Å². The van der Waals surface area contributed by atoms with E-state index in [2.05, 4.69) is 4.98 Å². The molecular formula is C20H22N2O4S. The van der Waals surface area contributed by atoms with Crippen LogP contribution in [0, 0.1) is 6.92 Å². The van der Waals surface area contributed by atoms with Crippen molar-refractivity contribution in [3.8, 4) is 11.1 Å². The molecule has 3 aromatic rings. The molecule has 0 unspecified atom stereocenters. The van der Waals surface area contributed by atoms with Crippen LogP contribution >= 0.6 is 11.3 Å². The van der Waals surface area contributed by atoms with E-state index in [1.165, 1.54) is 29.8 Å². The lowest BCUT2D eigenvalue weighted by Gasteiger charge is -2.25. The number of aliphatic carboxylic acids is 1. The number of aryl methyl sites for hydroxylation is 1. The van der Waals surface area contributed by atoms with Crippen LogP contribution in [0.3, 0.4) is 0 Å². The van der Waals surface area contributed by atoms with Gasteiger partial charge in [-0.1, -0.05) is 30.3 Å². The van der Waals surface area contributed by atoms with E-state index in [0.717, 1.165) is 16.0 Å². The minimum absolute atomic E-state index is 0.332. The smallest absolute Gasteiger partial charge is 0.329 e. The van der Waals surface area contributed by atoms with Gasteiger partial charge in [-0.05, 0) is 26.3 Å². The molecule has 2 heterocycles. The predicted molar refractivity (Wildman–Crippen MR) is 107 cm³/mol. The van der Waals surface area contributed by atoms with Crippen LogP contribution in [0.1, 0.15) is 24.5 Å². The van der Waals surface area contributed by atoms with Crippen molar-refractivity contribution >= 4 is 27.5 Å². The lowest BCUT2D eigenvalue weighted by Crippen LogP contribution is -2.45. The summed E-state index contributed by atoms with van der Waals surface area (Å²) in [5.41, 5.74) is -0.0157. The minimum atomic E-state index is -1.43. The fourth-order valence-electron chi connectivity index (χ4n) is 3.19. The molecule has 142 valence electrons. The summed E-state index contributed by atoms with van der Waals surface area (Å²) in [6, 6.07) is 9.63. The summed E-state index contributed by atoms with van der Waals surface area (Å²) in [7, 11) is 1.56. The Morgan fingerprint density at radius 3 is 2.56 bits per heavy atom. The second-order valence-corrected chi connectivity index (χ2v) is 8.06. The number of hydrogen-bond acceptors (Lipinski definition) is 5. The average molecular weight is 386 g/mol. The van der Waals surface area contributed by atoms with E-state index in [1.54, 1.807) is 7.11 Å². The van der Waals surface area contributed by atoms with Crippen LogP contribution in [-0.2, 0) is 21.5 Å². The number of rotatable bonds is 6. The summed E-state index contributed by atoms with van der Waals surface area (Å²) in [4.78, 5) is 31.6. The predicted octanol–water partition coefficient (Wildman–Crippen LogP) is 3.44. The van der Waals surface area contributed by atoms with Crippen molar-refractivity contribution in [3.63, 3.8) is 0 Å². The standard InChI is InChI=1S/C20H22N2O4S/c1-12-15(13-8-6-5-7-9-13)16-17(27-12)21-14(10-11-26-4)22(18(16)23)20(2,3)19(24)25/h5-9H,10-11H2,1-4H3,(H,24,25). The Kier molecular flexibility index (Phi) is 5.17. The highest BCUT2D eigenvalue weighted by Crippen LogP contribution is 2.36. The van der Waals surface area contributed by atoms with E-state index in [0.29, 0.717) is 29.1 Å². The molecule has 3 rings (SSSR count). The highest BCUT2D eigenvalue weighted by atomic mass is 32.1. The Labute approximate surface area is 161 Å². The maximum Gasteiger partial charge on any atom is 0.329 e. The first-order valence-electron chi connectivity index (χ1n) is 8.62. The molecule has 0 aliphatic carbocycles. The molecule has 0 aliphatic heterocycles. The Morgan fingerprint density at radius 1 is 1.30 bits per heavy atom. The first-order valence-corrected chi connectivity index (χ1v) is 9.44. The number of carboxylic acids is 1. The zero-order valence-electron chi connectivity index (χ0n) is 15.8. The molecule has 0 amide bonds. The van der Waals surface area contributed by atoms with Crippen molar-refractivity contribution < 1.29 is 14.6 Å². The van der Waals surface area contributed by atoms with Gasteiger partial charge < -0.3 is 9.84 Å². The number of carboxylic acid groups (broad SMARTS) is 1. The molecule has 0 saturated heterocycles. The molecular weight excluding hydrogens is 364 g/mol. The largest absolute Gasteiger partial charge is 0.480 e. The summed E-state index contributed by atoms with van der Waals surface area (Å²) in [5, 5.41) is 10.2. The fraction of sp³-hybridized carbons (Fsp3) is 0.350. The van der Waals surface area contributed by atoms with E-state index < -0.39 is 11.5 Å². The van der Waals surface area contributed by atoms with E-state index in [-0.39, 0.29) is 5.56 Å². The number of methoxy groups -OCH3 is 1. The molecule has 7 heteroatoms. The van der Waals surface area contributed by atoms with E-state index in [1.807, 2.05) is 37.3 Å². The summed E-state index contributed by atoms with van der Waals surface area (Å²) >= 11 is 1.45. The van der Waals surface area contributed by atoms with Gasteiger partial charge >= 0.3 is 5.97 Å². The lowest BCUT2D eigenvalue weighted by atomic mass is 10.0. The SMILES string of the molecule is COCCc1nc2sc(C)c(-c3ccccc3)c2c(=O)n1C(C)(C)C(=O)O. The van der Waals surface area contributed by atoms with Crippen LogP contribution in [0.2, 0.25) is 0 Å². The molecule has 0 bridgehead atoms. The van der Waals surface area contributed by atoms with E-state index >= 15 is 0 Å². The summed E-state index contributed by atoms with van der Waals surface area (Å²) in [5.74, 6) is -0.666. The number of carbonyl (C=O) groups is 1. The maximum atomic E-state index is 13.5. The number of aromatic nitrogens is 2. The first-order chi connectivity index (χ1) is 12.8. The van der Waals surface area contributed by atoms with Crippen LogP contribution in [0.5, 0.6) is 0 Å². The second kappa shape index (κ2) is 7.25. The van der Waals surface area contributed by atoms with Crippen molar-refractivity contribution in [1.82, 2.24) is 9.55 Å². The average Bonchev–Trinajstić information content (AvgIpc) is 2.96. The van der Waals surface area contributed by atoms with Crippen LogP contribution in [0.15, 0.2) is 35.1 Å². The molecule has 1 aromatic carbocycles. The van der Waals surface area contributed by atoms with Gasteiger partial charge in [0.2, 0.25) is 0 Å². The molecule has 1 N–H and O–H groups in total. The van der Waals surface area contributed by atoms with Crippen LogP contribution in [-0.4, -0.2) is 34.3 Å². The number of nitrogens with zero attached hydrogens (tertiary/aromatic N) is 2. The van der Waals surface area contributed by atoms with Gasteiger partial charge in [-0.2, -0.15) is 0 Å². The summed E-state index contributed by atoms with van der Waals surface area (Å²) in [6.07, 6.45) is 0.357. The van der Waals surface area contributed by atoms with Crippen LogP contribution in [0.4, 0.5) is 0 Å². The zero-order chi connectivity index (χ0) is 19.8. The highest BCUT2D eigenvalue weighted by molar-refractivity contribution is 7.19. The normalized spacial score (nSPS) is 11.9. The summed E-state index contributed by atoms with van der Waals surface area (Å²) in [6.45, 7) is 5.34. The zero-order valence-corrected chi connectivity index (χ0v) is 16.6. The number of fused-ring (bicyclic) bond motifs is 1. The Balaban J connectivity index is 2.40. The fourth-order valence-corrected chi connectivity index (χ4v) is 4.24. The summed E-state index contributed by atoms with van der Waals surface area (Å²) < 4.78 is 6.43. The first kappa shape index (κ1) is 19.3. The topological polar surface area (TPSA) is 81.4 Å². The van der Waals surface area contributed by atoms with Gasteiger partial charge in [0.05, 0.1) is 12.0 Å². The van der Waals surface area contributed by atoms with E-state index in [9.17, 15) is 14.7 Å². The van der Waals surface area contributed by atoms with Crippen molar-refractivity contribution in [1.29, 1.82) is 0 Å². The number of hydrogen-bond donors (Lipinski definition) is 1. The van der Waals surface area contributed by atoms with Crippen molar-refractivity contribution in [2.45, 2.75) is 32.7 Å². The Morgan fingerprint density at radius 2 is 1.96 bits per heavy atom. The third-order valence-corrected chi connectivity index (χ3v) is 5.65. The lowest BCUT2D eigenvalue weighted by molar-refractivity contribution is -0.146. The highest BCUT2D eigenvalue weighted by Gasteiger charge is 2.34. The van der Waals surface area contributed by atoms with Gasteiger partial charge in [0.25, 0.3) is 5.56 Å². The van der Waals surface area contributed by atoms with Crippen molar-refractivity contribution in [2.75, 3.05) is 13.7 Å². The molecule has 6 nitrogen and oxygen atoms in total. The number of ether oxygens (including phenoxy) is 1. The van der Waals surface area contributed by atoms with Gasteiger partial charge in [-0.15, -0.1) is 11.3 Å². The van der Waals surface area contributed by atoms with Gasteiger partial charge in [0, 0.05) is 24.0 Å². The molecule has 2 aromatic heterocycles. The number of benzene rings is 1. The van der Waals surface area contributed by atoms with Crippen LogP contribution in [0.25, 0.3) is 21.3 Å². The van der Waals surface area contributed by atoms with Crippen LogP contribution < -0.4 is 5.56 Å². The Hall–Kier alpha value is -2.51. The van der Waals surface area contributed by atoms with Gasteiger partial charge in [-0.25, -0.2) is 9.78 Å². The van der Waals surface area contributed by atoms with Gasteiger partial charge in [0.1, 0.15) is 16.2 Å². The second-order valence-electron chi connectivity index (χ2n) is 6.85. The number of thiophene rings is 1. The minimum Gasteiger partial charge on any atom is -0.480 e. The molecule has 0 radical (unpaired) electrons. The molecule has 0 atom stereocenters. The quantitative estimate of drug-likeness (QED) is 0.702. The molecule has 0 saturated carbocycles. The molecule has 27 heavy (non-hydrogen) atoms. The van der Waals surface area contributed by atoms with Crippen molar-refractivity contribution in [2.24, 2.45) is 0 Å².